The molecule has 0 unspecified atom stereocenters. The van der Waals surface area contributed by atoms with Gasteiger partial charge in [-0.1, -0.05) is 29.8 Å². The highest BCUT2D eigenvalue weighted by molar-refractivity contribution is 6.34. The molecule has 0 fully saturated rings. The second kappa shape index (κ2) is 9.19. The number of ether oxygens (including phenoxy) is 1. The van der Waals surface area contributed by atoms with E-state index in [9.17, 15) is 14.4 Å². The van der Waals surface area contributed by atoms with Crippen LogP contribution in [0.5, 0.6) is 0 Å². The Morgan fingerprint density at radius 2 is 1.85 bits per heavy atom. The van der Waals surface area contributed by atoms with Crippen LogP contribution in [-0.2, 0) is 9.53 Å². The summed E-state index contributed by atoms with van der Waals surface area (Å²) in [6.45, 7) is 3.68. The zero-order valence-electron chi connectivity index (χ0n) is 15.4. The summed E-state index contributed by atoms with van der Waals surface area (Å²) in [5.74, 6) is -1.00. The minimum atomic E-state index is -0.524. The number of methoxy groups -OCH3 is 1. The zero-order valence-corrected chi connectivity index (χ0v) is 16.2. The molecule has 27 heavy (non-hydrogen) atoms. The summed E-state index contributed by atoms with van der Waals surface area (Å²) in [6.07, 6.45) is 0. The van der Waals surface area contributed by atoms with Crippen LogP contribution >= 0.6 is 11.6 Å². The van der Waals surface area contributed by atoms with Gasteiger partial charge in [0.05, 0.1) is 23.4 Å². The van der Waals surface area contributed by atoms with Gasteiger partial charge in [-0.25, -0.2) is 4.79 Å². The van der Waals surface area contributed by atoms with E-state index < -0.39 is 5.97 Å². The maximum absolute atomic E-state index is 12.3. The molecule has 0 saturated carbocycles. The second-order valence-electron chi connectivity index (χ2n) is 5.90. The molecule has 6 nitrogen and oxygen atoms in total. The van der Waals surface area contributed by atoms with Crippen LogP contribution in [0.25, 0.3) is 0 Å². The van der Waals surface area contributed by atoms with Crippen LogP contribution in [-0.4, -0.2) is 38.0 Å². The van der Waals surface area contributed by atoms with Gasteiger partial charge in [0, 0.05) is 25.6 Å². The first-order valence-electron chi connectivity index (χ1n) is 8.35. The Kier molecular flexibility index (Phi) is 6.96. The van der Waals surface area contributed by atoms with Crippen LogP contribution in [0.2, 0.25) is 5.02 Å². The van der Waals surface area contributed by atoms with Gasteiger partial charge in [0.1, 0.15) is 0 Å². The third-order valence-corrected chi connectivity index (χ3v) is 4.37. The Bertz CT molecular complexity index is 867. The molecule has 0 aromatic heterocycles. The average Bonchev–Trinajstić information content (AvgIpc) is 2.65. The van der Waals surface area contributed by atoms with Crippen molar-refractivity contribution < 1.29 is 19.1 Å². The van der Waals surface area contributed by atoms with Crippen molar-refractivity contribution in [3.05, 3.63) is 64.2 Å². The van der Waals surface area contributed by atoms with Crippen LogP contribution in [0.4, 0.5) is 5.69 Å². The third-order valence-electron chi connectivity index (χ3n) is 4.05. The fraction of sp³-hybridized carbons (Fsp3) is 0.250. The number of carbonyl (C=O) groups is 3. The SMILES string of the molecule is COC(=O)c1ccc(Cl)c(N(CCNC(=O)c2ccccc2C)C(C)=O)c1. The summed E-state index contributed by atoms with van der Waals surface area (Å²) in [6, 6.07) is 11.8. The third kappa shape index (κ3) is 5.08. The molecule has 0 heterocycles. The number of amides is 2. The van der Waals surface area contributed by atoms with Gasteiger partial charge in [0.25, 0.3) is 5.91 Å². The number of nitrogens with one attached hydrogen (secondary N) is 1. The molecule has 2 amide bonds. The van der Waals surface area contributed by atoms with E-state index in [0.717, 1.165) is 5.56 Å². The highest BCUT2D eigenvalue weighted by Crippen LogP contribution is 2.27. The van der Waals surface area contributed by atoms with Crippen molar-refractivity contribution >= 4 is 35.1 Å². The summed E-state index contributed by atoms with van der Waals surface area (Å²) in [4.78, 5) is 37.5. The van der Waals surface area contributed by atoms with E-state index in [0.29, 0.717) is 16.3 Å². The quantitative estimate of drug-likeness (QED) is 0.771. The van der Waals surface area contributed by atoms with Gasteiger partial charge in [-0.15, -0.1) is 0 Å². The Balaban J connectivity index is 2.13. The second-order valence-corrected chi connectivity index (χ2v) is 6.31. The van der Waals surface area contributed by atoms with Crippen LogP contribution in [0.1, 0.15) is 33.2 Å². The molecule has 1 N–H and O–H groups in total. The smallest absolute Gasteiger partial charge is 0.337 e. The van der Waals surface area contributed by atoms with Crippen molar-refractivity contribution in [1.29, 1.82) is 0 Å². The Hall–Kier alpha value is -2.86. The first-order valence-corrected chi connectivity index (χ1v) is 8.72. The minimum Gasteiger partial charge on any atom is -0.465 e. The molecule has 0 atom stereocenters. The summed E-state index contributed by atoms with van der Waals surface area (Å²) in [5.41, 5.74) is 2.12. The number of carbonyl (C=O) groups excluding carboxylic acids is 3. The molecule has 0 bridgehead atoms. The van der Waals surface area contributed by atoms with E-state index in [2.05, 4.69) is 5.32 Å². The Morgan fingerprint density at radius 3 is 2.48 bits per heavy atom. The predicted octanol–water partition coefficient (Wildman–Crippen LogP) is 3.22. The van der Waals surface area contributed by atoms with Crippen LogP contribution in [0, 0.1) is 6.92 Å². The van der Waals surface area contributed by atoms with Gasteiger partial charge in [-0.3, -0.25) is 9.59 Å². The van der Waals surface area contributed by atoms with Crippen molar-refractivity contribution in [1.82, 2.24) is 5.32 Å². The predicted molar refractivity (Wildman–Crippen MR) is 104 cm³/mol. The average molecular weight is 389 g/mol. The van der Waals surface area contributed by atoms with Crippen molar-refractivity contribution in [2.24, 2.45) is 0 Å². The monoisotopic (exact) mass is 388 g/mol. The molecule has 7 heteroatoms. The van der Waals surface area contributed by atoms with Gasteiger partial charge in [0.2, 0.25) is 5.91 Å². The number of aryl methyl sites for hydroxylation is 1. The lowest BCUT2D eigenvalue weighted by Gasteiger charge is -2.23. The van der Waals surface area contributed by atoms with Gasteiger partial charge in [0.15, 0.2) is 0 Å². The van der Waals surface area contributed by atoms with Gasteiger partial charge in [-0.2, -0.15) is 0 Å². The molecule has 142 valence electrons. The summed E-state index contributed by atoms with van der Waals surface area (Å²) < 4.78 is 4.70. The van der Waals surface area contributed by atoms with E-state index in [1.54, 1.807) is 12.1 Å². The fourth-order valence-corrected chi connectivity index (χ4v) is 2.84. The number of anilines is 1. The maximum Gasteiger partial charge on any atom is 0.337 e. The first kappa shape index (κ1) is 20.5. The standard InChI is InChI=1S/C20H21ClN2O4/c1-13-6-4-5-7-16(13)19(25)22-10-11-23(14(2)24)18-12-15(20(26)27-3)8-9-17(18)21/h4-9,12H,10-11H2,1-3H3,(H,22,25). The van der Waals surface area contributed by atoms with E-state index in [1.807, 2.05) is 19.1 Å². The van der Waals surface area contributed by atoms with Crippen LogP contribution < -0.4 is 10.2 Å². The maximum atomic E-state index is 12.3. The van der Waals surface area contributed by atoms with Gasteiger partial charge < -0.3 is 15.0 Å². The largest absolute Gasteiger partial charge is 0.465 e. The molecule has 0 radical (unpaired) electrons. The molecule has 0 spiro atoms. The molecule has 2 aromatic carbocycles. The molecule has 0 aliphatic rings. The van der Waals surface area contributed by atoms with Gasteiger partial charge >= 0.3 is 5.97 Å². The van der Waals surface area contributed by atoms with E-state index in [4.69, 9.17) is 16.3 Å². The summed E-state index contributed by atoms with van der Waals surface area (Å²) >= 11 is 6.21. The van der Waals surface area contributed by atoms with E-state index in [1.165, 1.54) is 37.1 Å². The molecule has 2 rings (SSSR count). The molecule has 2 aromatic rings. The Labute approximate surface area is 163 Å². The summed E-state index contributed by atoms with van der Waals surface area (Å²) in [7, 11) is 1.28. The van der Waals surface area contributed by atoms with Crippen molar-refractivity contribution in [3.8, 4) is 0 Å². The molecule has 0 saturated heterocycles. The topological polar surface area (TPSA) is 75.7 Å². The lowest BCUT2D eigenvalue weighted by atomic mass is 10.1. The van der Waals surface area contributed by atoms with Crippen molar-refractivity contribution in [2.45, 2.75) is 13.8 Å². The van der Waals surface area contributed by atoms with E-state index in [-0.39, 0.29) is 30.5 Å². The number of esters is 1. The molecule has 0 aliphatic heterocycles. The number of halogens is 1. The van der Waals surface area contributed by atoms with Crippen molar-refractivity contribution in [2.75, 3.05) is 25.1 Å². The number of rotatable bonds is 6. The molecule has 0 aliphatic carbocycles. The first-order chi connectivity index (χ1) is 12.8. The Morgan fingerprint density at radius 1 is 1.15 bits per heavy atom. The van der Waals surface area contributed by atoms with E-state index >= 15 is 0 Å². The minimum absolute atomic E-state index is 0.206. The zero-order chi connectivity index (χ0) is 20.0. The summed E-state index contributed by atoms with van der Waals surface area (Å²) in [5, 5.41) is 3.12. The number of benzene rings is 2. The number of hydrogen-bond acceptors (Lipinski definition) is 4. The van der Waals surface area contributed by atoms with Gasteiger partial charge in [-0.05, 0) is 36.8 Å². The lowest BCUT2D eigenvalue weighted by molar-refractivity contribution is -0.116. The number of nitrogens with zero attached hydrogens (tertiary/aromatic N) is 1. The molecular formula is C20H21ClN2O4. The highest BCUT2D eigenvalue weighted by atomic mass is 35.5. The molecular weight excluding hydrogens is 368 g/mol. The number of hydrogen-bond donors (Lipinski definition) is 1. The highest BCUT2D eigenvalue weighted by Gasteiger charge is 2.18. The fourth-order valence-electron chi connectivity index (χ4n) is 2.62. The van der Waals surface area contributed by atoms with Crippen molar-refractivity contribution in [3.63, 3.8) is 0 Å². The van der Waals surface area contributed by atoms with Crippen LogP contribution in [0.3, 0.4) is 0 Å². The lowest BCUT2D eigenvalue weighted by Crippen LogP contribution is -2.38. The normalized spacial score (nSPS) is 10.2. The van der Waals surface area contributed by atoms with Crippen LogP contribution in [0.15, 0.2) is 42.5 Å².